The van der Waals surface area contributed by atoms with E-state index >= 15 is 0 Å². The van der Waals surface area contributed by atoms with Gasteiger partial charge < -0.3 is 10.2 Å². The lowest BCUT2D eigenvalue weighted by atomic mass is 9.86. The van der Waals surface area contributed by atoms with Gasteiger partial charge in [-0.1, -0.05) is 12.2 Å². The SMILES string of the molecule is CC(C)N1CCN2C3=C(C=CCC31)[C@@H]1CNCC[C@@H]12. The fourth-order valence-corrected chi connectivity index (χ4v) is 4.67. The third kappa shape index (κ3) is 1.64. The van der Waals surface area contributed by atoms with Crippen LogP contribution in [0.3, 0.4) is 0 Å². The number of nitrogens with one attached hydrogen (secondary N) is 1. The standard InChI is InChI=1S/C16H25N3/c1-11(2)18-8-9-19-14-6-7-17-10-13(14)12-4-3-5-15(18)16(12)19/h3-4,11,13-15,17H,5-10H2,1-2H3/t13-,14-,15?/m0/s1. The summed E-state index contributed by atoms with van der Waals surface area (Å²) in [5, 5.41) is 3.59. The van der Waals surface area contributed by atoms with Crippen LogP contribution in [-0.4, -0.2) is 54.1 Å². The highest BCUT2D eigenvalue weighted by molar-refractivity contribution is 5.42. The summed E-state index contributed by atoms with van der Waals surface area (Å²) in [6.45, 7) is 9.54. The van der Waals surface area contributed by atoms with Crippen molar-refractivity contribution >= 4 is 0 Å². The lowest BCUT2D eigenvalue weighted by Crippen LogP contribution is -2.56. The Morgan fingerprint density at radius 1 is 1.32 bits per heavy atom. The van der Waals surface area contributed by atoms with E-state index < -0.39 is 0 Å². The minimum Gasteiger partial charge on any atom is -0.368 e. The van der Waals surface area contributed by atoms with E-state index in [2.05, 4.69) is 41.1 Å². The van der Waals surface area contributed by atoms with Crippen molar-refractivity contribution in [1.82, 2.24) is 15.1 Å². The van der Waals surface area contributed by atoms with Crippen molar-refractivity contribution < 1.29 is 0 Å². The van der Waals surface area contributed by atoms with E-state index in [1.165, 1.54) is 39.0 Å². The van der Waals surface area contributed by atoms with E-state index in [0.29, 0.717) is 12.1 Å². The minimum atomic E-state index is 0.652. The second kappa shape index (κ2) is 4.35. The maximum absolute atomic E-state index is 3.59. The molecule has 4 aliphatic rings. The topological polar surface area (TPSA) is 18.5 Å². The molecule has 1 N–H and O–H groups in total. The van der Waals surface area contributed by atoms with Crippen molar-refractivity contribution in [2.24, 2.45) is 5.92 Å². The van der Waals surface area contributed by atoms with Gasteiger partial charge in [-0.15, -0.1) is 0 Å². The average Bonchev–Trinajstić information content (AvgIpc) is 2.76. The molecule has 0 saturated carbocycles. The molecule has 2 fully saturated rings. The number of hydrogen-bond donors (Lipinski definition) is 1. The van der Waals surface area contributed by atoms with E-state index in [4.69, 9.17) is 0 Å². The van der Waals surface area contributed by atoms with Gasteiger partial charge in [0.1, 0.15) is 0 Å². The molecule has 0 amide bonds. The first-order valence-corrected chi connectivity index (χ1v) is 7.91. The summed E-state index contributed by atoms with van der Waals surface area (Å²) in [6.07, 6.45) is 7.37. The Morgan fingerprint density at radius 2 is 2.21 bits per heavy atom. The van der Waals surface area contributed by atoms with Crippen LogP contribution in [-0.2, 0) is 0 Å². The highest BCUT2D eigenvalue weighted by Gasteiger charge is 2.47. The quantitative estimate of drug-likeness (QED) is 0.771. The van der Waals surface area contributed by atoms with Gasteiger partial charge in [0.25, 0.3) is 0 Å². The largest absolute Gasteiger partial charge is 0.368 e. The van der Waals surface area contributed by atoms with Gasteiger partial charge in [-0.2, -0.15) is 0 Å². The molecule has 1 unspecified atom stereocenters. The van der Waals surface area contributed by atoms with Crippen molar-refractivity contribution in [3.63, 3.8) is 0 Å². The van der Waals surface area contributed by atoms with E-state index in [1.807, 2.05) is 0 Å². The van der Waals surface area contributed by atoms with Crippen molar-refractivity contribution in [1.29, 1.82) is 0 Å². The molecular formula is C16H25N3. The molecule has 3 nitrogen and oxygen atoms in total. The number of piperidine rings is 1. The summed E-state index contributed by atoms with van der Waals surface area (Å²) in [5.41, 5.74) is 3.33. The smallest absolute Gasteiger partial charge is 0.0538 e. The maximum atomic E-state index is 3.59. The normalized spacial score (nSPS) is 37.8. The van der Waals surface area contributed by atoms with Gasteiger partial charge in [-0.25, -0.2) is 0 Å². The van der Waals surface area contributed by atoms with Crippen LogP contribution in [0.5, 0.6) is 0 Å². The first kappa shape index (κ1) is 12.0. The van der Waals surface area contributed by atoms with Gasteiger partial charge in [-0.3, -0.25) is 4.90 Å². The van der Waals surface area contributed by atoms with Gasteiger partial charge in [0.15, 0.2) is 0 Å². The third-order valence-corrected chi connectivity index (χ3v) is 5.49. The molecule has 4 rings (SSSR count). The lowest BCUT2D eigenvalue weighted by Gasteiger charge is -2.47. The number of hydrogen-bond acceptors (Lipinski definition) is 3. The molecular weight excluding hydrogens is 234 g/mol. The average molecular weight is 259 g/mol. The Labute approximate surface area is 116 Å². The number of allylic oxidation sites excluding steroid dienone is 1. The van der Waals surface area contributed by atoms with Crippen LogP contribution in [0, 0.1) is 5.92 Å². The molecule has 2 saturated heterocycles. The fraction of sp³-hybridized carbons (Fsp3) is 0.750. The molecule has 0 spiro atoms. The van der Waals surface area contributed by atoms with Crippen LogP contribution in [0.2, 0.25) is 0 Å². The molecule has 3 heteroatoms. The maximum Gasteiger partial charge on any atom is 0.0538 e. The zero-order valence-electron chi connectivity index (χ0n) is 12.1. The number of rotatable bonds is 1. The molecule has 3 atom stereocenters. The molecule has 104 valence electrons. The van der Waals surface area contributed by atoms with Gasteiger partial charge >= 0.3 is 0 Å². The molecule has 0 aromatic carbocycles. The molecule has 0 aromatic heterocycles. The zero-order chi connectivity index (χ0) is 13.0. The molecule has 19 heavy (non-hydrogen) atoms. The molecule has 3 heterocycles. The van der Waals surface area contributed by atoms with Crippen LogP contribution in [0.4, 0.5) is 0 Å². The van der Waals surface area contributed by atoms with Crippen LogP contribution < -0.4 is 5.32 Å². The van der Waals surface area contributed by atoms with Gasteiger partial charge in [-0.05, 0) is 38.8 Å². The number of piperazine rings is 1. The van der Waals surface area contributed by atoms with Crippen molar-refractivity contribution in [2.45, 2.75) is 44.8 Å². The molecule has 1 aliphatic carbocycles. The summed E-state index contributed by atoms with van der Waals surface area (Å²) >= 11 is 0. The van der Waals surface area contributed by atoms with Gasteiger partial charge in [0.2, 0.25) is 0 Å². The molecule has 0 bridgehead atoms. The minimum absolute atomic E-state index is 0.652. The summed E-state index contributed by atoms with van der Waals surface area (Å²) < 4.78 is 0. The number of nitrogens with zero attached hydrogens (tertiary/aromatic N) is 2. The van der Waals surface area contributed by atoms with E-state index in [1.54, 1.807) is 11.3 Å². The molecule has 0 aromatic rings. The first-order valence-electron chi connectivity index (χ1n) is 7.91. The van der Waals surface area contributed by atoms with E-state index in [0.717, 1.165) is 12.0 Å². The first-order chi connectivity index (χ1) is 9.27. The highest BCUT2D eigenvalue weighted by Crippen LogP contribution is 2.45. The van der Waals surface area contributed by atoms with Gasteiger partial charge in [0, 0.05) is 43.3 Å². The Hall–Kier alpha value is -0.800. The zero-order valence-corrected chi connectivity index (χ0v) is 12.1. The van der Waals surface area contributed by atoms with E-state index in [9.17, 15) is 0 Å². The third-order valence-electron chi connectivity index (χ3n) is 5.49. The Bertz CT molecular complexity index is 437. The van der Waals surface area contributed by atoms with Crippen molar-refractivity contribution in [3.8, 4) is 0 Å². The predicted molar refractivity (Wildman–Crippen MR) is 77.9 cm³/mol. The van der Waals surface area contributed by atoms with Crippen molar-refractivity contribution in [3.05, 3.63) is 23.4 Å². The summed E-state index contributed by atoms with van der Waals surface area (Å²) in [5.74, 6) is 0.745. The Balaban J connectivity index is 1.74. The fourth-order valence-electron chi connectivity index (χ4n) is 4.67. The summed E-state index contributed by atoms with van der Waals surface area (Å²) in [6, 6.07) is 2.10. The second-order valence-electron chi connectivity index (χ2n) is 6.69. The van der Waals surface area contributed by atoms with Crippen LogP contribution in [0.1, 0.15) is 26.7 Å². The van der Waals surface area contributed by atoms with Crippen LogP contribution in [0.15, 0.2) is 23.4 Å². The monoisotopic (exact) mass is 259 g/mol. The second-order valence-corrected chi connectivity index (χ2v) is 6.69. The molecule has 0 radical (unpaired) electrons. The number of fused-ring (bicyclic) bond motifs is 3. The predicted octanol–water partition coefficient (Wildman–Crippen LogP) is 1.59. The highest BCUT2D eigenvalue weighted by atomic mass is 15.3. The molecule has 3 aliphatic heterocycles. The van der Waals surface area contributed by atoms with Gasteiger partial charge in [0.05, 0.1) is 6.04 Å². The van der Waals surface area contributed by atoms with E-state index in [-0.39, 0.29) is 0 Å². The van der Waals surface area contributed by atoms with Crippen LogP contribution >= 0.6 is 0 Å². The Kier molecular flexibility index (Phi) is 2.75. The van der Waals surface area contributed by atoms with Crippen LogP contribution in [0.25, 0.3) is 0 Å². The Morgan fingerprint density at radius 3 is 3.05 bits per heavy atom. The summed E-state index contributed by atoms with van der Waals surface area (Å²) in [4.78, 5) is 5.48. The van der Waals surface area contributed by atoms with Crippen molar-refractivity contribution in [2.75, 3.05) is 26.2 Å². The summed E-state index contributed by atoms with van der Waals surface area (Å²) in [7, 11) is 0. The lowest BCUT2D eigenvalue weighted by molar-refractivity contribution is 0.0696.